The Bertz CT molecular complexity index is 636. The fourth-order valence-corrected chi connectivity index (χ4v) is 3.11. The van der Waals surface area contributed by atoms with E-state index in [1.165, 1.54) is 6.07 Å². The van der Waals surface area contributed by atoms with Crippen LogP contribution in [-0.2, 0) is 10.0 Å². The van der Waals surface area contributed by atoms with Crippen molar-refractivity contribution in [1.82, 2.24) is 4.72 Å². The molecular formula is C14H19FN2O2S2. The summed E-state index contributed by atoms with van der Waals surface area (Å²) in [6.45, 7) is 2.43. The number of thioether (sulfide) groups is 1. The van der Waals surface area contributed by atoms with Crippen LogP contribution in [0, 0.1) is 17.7 Å². The van der Waals surface area contributed by atoms with Crippen molar-refractivity contribution in [1.29, 1.82) is 0 Å². The summed E-state index contributed by atoms with van der Waals surface area (Å²) in [6.07, 6.45) is 2.69. The molecule has 1 atom stereocenters. The maximum absolute atomic E-state index is 13.2. The molecule has 0 aliphatic rings. The van der Waals surface area contributed by atoms with Gasteiger partial charge in [-0.1, -0.05) is 18.8 Å². The third kappa shape index (κ3) is 5.67. The molecule has 116 valence electrons. The van der Waals surface area contributed by atoms with Crippen LogP contribution in [0.5, 0.6) is 0 Å². The molecule has 4 nitrogen and oxygen atoms in total. The molecule has 0 bridgehead atoms. The van der Waals surface area contributed by atoms with Crippen LogP contribution in [0.25, 0.3) is 0 Å². The van der Waals surface area contributed by atoms with E-state index in [2.05, 4.69) is 16.6 Å². The molecule has 1 rings (SSSR count). The molecule has 0 aliphatic heterocycles. The van der Waals surface area contributed by atoms with E-state index in [1.807, 2.05) is 13.2 Å². The van der Waals surface area contributed by atoms with Crippen LogP contribution in [0.2, 0.25) is 0 Å². The van der Waals surface area contributed by atoms with E-state index < -0.39 is 15.8 Å². The van der Waals surface area contributed by atoms with Crippen molar-refractivity contribution >= 4 is 21.8 Å². The van der Waals surface area contributed by atoms with Crippen molar-refractivity contribution < 1.29 is 12.8 Å². The summed E-state index contributed by atoms with van der Waals surface area (Å²) in [5, 5.41) is 0.359. The van der Waals surface area contributed by atoms with Crippen molar-refractivity contribution in [2.75, 3.05) is 19.3 Å². The average Bonchev–Trinajstić information content (AvgIpc) is 2.44. The van der Waals surface area contributed by atoms with E-state index in [0.717, 1.165) is 12.1 Å². The first-order valence-electron chi connectivity index (χ1n) is 6.41. The molecule has 0 aromatic heterocycles. The largest absolute Gasteiger partial charge is 0.320 e. The number of benzene rings is 1. The second kappa shape index (κ2) is 8.39. The van der Waals surface area contributed by atoms with Gasteiger partial charge in [-0.05, 0) is 30.9 Å². The summed E-state index contributed by atoms with van der Waals surface area (Å²) in [7, 11) is -3.71. The molecule has 0 spiro atoms. The second-order valence-corrected chi connectivity index (χ2v) is 7.39. The fourth-order valence-electron chi connectivity index (χ4n) is 1.57. The SMILES string of the molecule is CSC(C)CCNS(=O)(=O)c1ccc(F)cc1C#CCN. The van der Waals surface area contributed by atoms with Gasteiger partial charge >= 0.3 is 0 Å². The Labute approximate surface area is 129 Å². The molecule has 0 saturated carbocycles. The Hall–Kier alpha value is -1.07. The maximum Gasteiger partial charge on any atom is 0.241 e. The van der Waals surface area contributed by atoms with Crippen LogP contribution < -0.4 is 10.5 Å². The molecule has 0 heterocycles. The van der Waals surface area contributed by atoms with Crippen molar-refractivity contribution in [3.05, 3.63) is 29.6 Å². The van der Waals surface area contributed by atoms with Crippen molar-refractivity contribution in [2.45, 2.75) is 23.5 Å². The van der Waals surface area contributed by atoms with Gasteiger partial charge in [-0.25, -0.2) is 17.5 Å². The van der Waals surface area contributed by atoms with Gasteiger partial charge in [0.1, 0.15) is 5.82 Å². The second-order valence-electron chi connectivity index (χ2n) is 4.38. The van der Waals surface area contributed by atoms with Crippen LogP contribution >= 0.6 is 11.8 Å². The lowest BCUT2D eigenvalue weighted by Crippen LogP contribution is -2.27. The predicted molar refractivity (Wildman–Crippen MR) is 85.1 cm³/mol. The van der Waals surface area contributed by atoms with Gasteiger partial charge < -0.3 is 5.73 Å². The molecule has 1 aromatic rings. The first-order chi connectivity index (χ1) is 9.90. The molecule has 0 fully saturated rings. The summed E-state index contributed by atoms with van der Waals surface area (Å²) in [6, 6.07) is 3.42. The van der Waals surface area contributed by atoms with E-state index in [-0.39, 0.29) is 17.0 Å². The molecule has 0 radical (unpaired) electrons. The Morgan fingerprint density at radius 1 is 1.48 bits per heavy atom. The number of hydrogen-bond acceptors (Lipinski definition) is 4. The van der Waals surface area contributed by atoms with Gasteiger partial charge in [-0.15, -0.1) is 0 Å². The number of sulfonamides is 1. The first kappa shape index (κ1) is 18.0. The summed E-state index contributed by atoms with van der Waals surface area (Å²) >= 11 is 1.67. The average molecular weight is 330 g/mol. The van der Waals surface area contributed by atoms with Crippen molar-refractivity contribution in [2.24, 2.45) is 5.73 Å². The minimum atomic E-state index is -3.71. The Kier molecular flexibility index (Phi) is 7.18. The van der Waals surface area contributed by atoms with Gasteiger partial charge in [-0.2, -0.15) is 11.8 Å². The van der Waals surface area contributed by atoms with Crippen LogP contribution in [0.4, 0.5) is 4.39 Å². The predicted octanol–water partition coefficient (Wildman–Crippen LogP) is 1.56. The van der Waals surface area contributed by atoms with Crippen LogP contribution in [0.3, 0.4) is 0 Å². The lowest BCUT2D eigenvalue weighted by Gasteiger charge is -2.11. The highest BCUT2D eigenvalue weighted by atomic mass is 32.2. The monoisotopic (exact) mass is 330 g/mol. The van der Waals surface area contributed by atoms with Gasteiger partial charge in [-0.3, -0.25) is 0 Å². The van der Waals surface area contributed by atoms with Crippen LogP contribution in [0.15, 0.2) is 23.1 Å². The molecule has 1 unspecified atom stereocenters. The van der Waals surface area contributed by atoms with Crippen molar-refractivity contribution in [3.63, 3.8) is 0 Å². The molecular weight excluding hydrogens is 311 g/mol. The molecule has 7 heteroatoms. The summed E-state index contributed by atoms with van der Waals surface area (Å²) in [5.41, 5.74) is 5.38. The molecule has 0 amide bonds. The molecule has 21 heavy (non-hydrogen) atoms. The maximum atomic E-state index is 13.2. The zero-order chi connectivity index (χ0) is 15.9. The molecule has 0 aliphatic carbocycles. The molecule has 1 aromatic carbocycles. The summed E-state index contributed by atoms with van der Waals surface area (Å²) in [5.74, 6) is 4.60. The van der Waals surface area contributed by atoms with Gasteiger partial charge in [0.2, 0.25) is 10.0 Å². The number of halogens is 1. The number of nitrogens with one attached hydrogen (secondary N) is 1. The van der Waals surface area contributed by atoms with E-state index in [4.69, 9.17) is 5.73 Å². The standard InChI is InChI=1S/C14H19FN2O2S2/c1-11(20-2)7-9-17-21(18,19)14-6-5-13(15)10-12(14)4-3-8-16/h5-6,10-11,17H,7-9,16H2,1-2H3. The highest BCUT2D eigenvalue weighted by Crippen LogP contribution is 2.17. The highest BCUT2D eigenvalue weighted by Gasteiger charge is 2.18. The Morgan fingerprint density at radius 3 is 2.81 bits per heavy atom. The van der Waals surface area contributed by atoms with Gasteiger partial charge in [0.05, 0.1) is 11.4 Å². The smallest absolute Gasteiger partial charge is 0.241 e. The molecule has 0 saturated heterocycles. The van der Waals surface area contributed by atoms with E-state index in [1.54, 1.807) is 11.8 Å². The number of nitrogens with two attached hydrogens (primary N) is 1. The summed E-state index contributed by atoms with van der Waals surface area (Å²) < 4.78 is 40.3. The third-order valence-electron chi connectivity index (χ3n) is 2.80. The topological polar surface area (TPSA) is 72.2 Å². The van der Waals surface area contributed by atoms with Crippen LogP contribution in [0.1, 0.15) is 18.9 Å². The quantitative estimate of drug-likeness (QED) is 0.777. The minimum Gasteiger partial charge on any atom is -0.320 e. The van der Waals surface area contributed by atoms with Gasteiger partial charge in [0.15, 0.2) is 0 Å². The lowest BCUT2D eigenvalue weighted by atomic mass is 10.2. The van der Waals surface area contributed by atoms with E-state index in [9.17, 15) is 12.8 Å². The Balaban J connectivity index is 2.97. The van der Waals surface area contributed by atoms with E-state index >= 15 is 0 Å². The van der Waals surface area contributed by atoms with Crippen LogP contribution in [-0.4, -0.2) is 33.0 Å². The number of hydrogen-bond donors (Lipinski definition) is 2. The fraction of sp³-hybridized carbons (Fsp3) is 0.429. The van der Waals surface area contributed by atoms with Gasteiger partial charge in [0, 0.05) is 17.4 Å². The first-order valence-corrected chi connectivity index (χ1v) is 9.18. The van der Waals surface area contributed by atoms with E-state index in [0.29, 0.717) is 18.2 Å². The normalized spacial score (nSPS) is 12.6. The third-order valence-corrected chi connectivity index (χ3v) is 5.36. The van der Waals surface area contributed by atoms with Crippen molar-refractivity contribution in [3.8, 4) is 11.8 Å². The molecule has 3 N–H and O–H groups in total. The Morgan fingerprint density at radius 2 is 2.19 bits per heavy atom. The minimum absolute atomic E-state index is 0.0262. The number of rotatable bonds is 6. The zero-order valence-electron chi connectivity index (χ0n) is 12.0. The lowest BCUT2D eigenvalue weighted by molar-refractivity contribution is 0.578. The van der Waals surface area contributed by atoms with Gasteiger partial charge in [0.25, 0.3) is 0 Å². The highest BCUT2D eigenvalue weighted by molar-refractivity contribution is 7.99. The zero-order valence-corrected chi connectivity index (χ0v) is 13.7. The summed E-state index contributed by atoms with van der Waals surface area (Å²) in [4.78, 5) is -0.0262.